The lowest BCUT2D eigenvalue weighted by Crippen LogP contribution is -2.52. The van der Waals surface area contributed by atoms with Gasteiger partial charge in [0.15, 0.2) is 5.76 Å². The van der Waals surface area contributed by atoms with Gasteiger partial charge < -0.3 is 14.8 Å². The van der Waals surface area contributed by atoms with Crippen LogP contribution in [0.5, 0.6) is 0 Å². The number of carbonyl (C=O) groups is 2. The Hall–Kier alpha value is -1.87. The Labute approximate surface area is 122 Å². The van der Waals surface area contributed by atoms with Gasteiger partial charge in [0.1, 0.15) is 16.2 Å². The van der Waals surface area contributed by atoms with Crippen LogP contribution in [0, 0.1) is 6.92 Å². The molecular weight excluding hydrogens is 300 g/mol. The first kappa shape index (κ1) is 17.2. The van der Waals surface area contributed by atoms with Crippen molar-refractivity contribution in [2.24, 2.45) is 5.14 Å². The minimum atomic E-state index is -4.01. The predicted molar refractivity (Wildman–Crippen MR) is 73.2 cm³/mol. The summed E-state index contributed by atoms with van der Waals surface area (Å²) < 4.78 is 27.6. The molecule has 0 saturated carbocycles. The maximum atomic E-state index is 12.0. The summed E-state index contributed by atoms with van der Waals surface area (Å²) in [6.45, 7) is 4.50. The van der Waals surface area contributed by atoms with Crippen molar-refractivity contribution >= 4 is 21.9 Å². The number of nitrogens with two attached hydrogens (primary N) is 1. The second-order valence-corrected chi connectivity index (χ2v) is 6.45. The smallest absolute Gasteiger partial charge is 0.329 e. The van der Waals surface area contributed by atoms with E-state index in [0.717, 1.165) is 6.07 Å². The highest BCUT2D eigenvalue weighted by Gasteiger charge is 2.35. The van der Waals surface area contributed by atoms with Crippen molar-refractivity contribution in [2.45, 2.75) is 44.0 Å². The van der Waals surface area contributed by atoms with Crippen LogP contribution in [0.25, 0.3) is 0 Å². The van der Waals surface area contributed by atoms with Gasteiger partial charge >= 0.3 is 5.97 Å². The molecule has 0 fully saturated rings. The van der Waals surface area contributed by atoms with Crippen molar-refractivity contribution in [3.05, 3.63) is 17.6 Å². The molecule has 8 nitrogen and oxygen atoms in total. The van der Waals surface area contributed by atoms with E-state index >= 15 is 0 Å². The fourth-order valence-electron chi connectivity index (χ4n) is 1.89. The lowest BCUT2D eigenvalue weighted by molar-refractivity contribution is -0.144. The fraction of sp³-hybridized carbons (Fsp3) is 0.500. The van der Waals surface area contributed by atoms with Crippen LogP contribution in [0.2, 0.25) is 0 Å². The Kier molecular flexibility index (Phi) is 4.79. The van der Waals surface area contributed by atoms with Crippen LogP contribution in [0.3, 0.4) is 0 Å². The number of nitrogens with one attached hydrogen (secondary N) is 1. The number of primary sulfonamides is 1. The first-order valence-electron chi connectivity index (χ1n) is 6.20. The van der Waals surface area contributed by atoms with Crippen LogP contribution >= 0.6 is 0 Å². The highest BCUT2D eigenvalue weighted by molar-refractivity contribution is 7.89. The first-order chi connectivity index (χ1) is 9.51. The zero-order valence-corrected chi connectivity index (χ0v) is 12.8. The number of aliphatic carboxylic acids is 1. The molecule has 0 aromatic carbocycles. The second kappa shape index (κ2) is 5.86. The number of sulfonamides is 1. The molecule has 0 aliphatic rings. The summed E-state index contributed by atoms with van der Waals surface area (Å²) in [6.07, 6.45) is 0.762. The van der Waals surface area contributed by atoms with Gasteiger partial charge in [-0.3, -0.25) is 4.79 Å². The standard InChI is InChI=1S/C12H18N2O6S/c1-4-5-12(3,11(16)17)14-10(15)8-6-9(7(2)20-8)21(13,18)19/h6H,4-5H2,1-3H3,(H,14,15)(H,16,17)(H2,13,18,19). The average molecular weight is 318 g/mol. The zero-order chi connectivity index (χ0) is 16.4. The molecule has 1 aromatic rings. The number of carbonyl (C=O) groups excluding carboxylic acids is 1. The molecule has 1 amide bonds. The summed E-state index contributed by atoms with van der Waals surface area (Å²) in [7, 11) is -4.01. The number of rotatable bonds is 6. The SMILES string of the molecule is CCCC(C)(NC(=O)c1cc(S(N)(=O)=O)c(C)o1)C(=O)O. The van der Waals surface area contributed by atoms with Crippen molar-refractivity contribution in [1.29, 1.82) is 0 Å². The monoisotopic (exact) mass is 318 g/mol. The van der Waals surface area contributed by atoms with Gasteiger partial charge in [-0.1, -0.05) is 13.3 Å². The normalized spacial score (nSPS) is 14.5. The lowest BCUT2D eigenvalue weighted by atomic mass is 9.96. The lowest BCUT2D eigenvalue weighted by Gasteiger charge is -2.25. The minimum Gasteiger partial charge on any atom is -0.480 e. The van der Waals surface area contributed by atoms with E-state index < -0.39 is 27.4 Å². The molecule has 0 spiro atoms. The largest absolute Gasteiger partial charge is 0.480 e. The van der Waals surface area contributed by atoms with Crippen LogP contribution < -0.4 is 10.5 Å². The molecular formula is C12H18N2O6S. The molecule has 1 heterocycles. The molecule has 4 N–H and O–H groups in total. The maximum Gasteiger partial charge on any atom is 0.329 e. The Balaban J connectivity index is 3.08. The molecule has 0 bridgehead atoms. The molecule has 1 atom stereocenters. The first-order valence-corrected chi connectivity index (χ1v) is 7.75. The van der Waals surface area contributed by atoms with Gasteiger partial charge in [-0.05, 0) is 20.3 Å². The van der Waals surface area contributed by atoms with Gasteiger partial charge in [-0.15, -0.1) is 0 Å². The molecule has 0 saturated heterocycles. The van der Waals surface area contributed by atoms with E-state index in [2.05, 4.69) is 5.32 Å². The highest BCUT2D eigenvalue weighted by atomic mass is 32.2. The van der Waals surface area contributed by atoms with Crippen molar-refractivity contribution < 1.29 is 27.5 Å². The van der Waals surface area contributed by atoms with E-state index in [-0.39, 0.29) is 22.8 Å². The topological polar surface area (TPSA) is 140 Å². The van der Waals surface area contributed by atoms with Gasteiger partial charge in [0, 0.05) is 6.07 Å². The van der Waals surface area contributed by atoms with Crippen molar-refractivity contribution in [1.82, 2.24) is 5.32 Å². The van der Waals surface area contributed by atoms with E-state index in [0.29, 0.717) is 6.42 Å². The molecule has 21 heavy (non-hydrogen) atoms. The number of hydrogen-bond acceptors (Lipinski definition) is 5. The summed E-state index contributed by atoms with van der Waals surface area (Å²) in [4.78, 5) is 23.0. The maximum absolute atomic E-state index is 12.0. The van der Waals surface area contributed by atoms with Gasteiger partial charge in [0.2, 0.25) is 10.0 Å². The summed E-state index contributed by atoms with van der Waals surface area (Å²) in [5, 5.41) is 16.5. The molecule has 0 aliphatic carbocycles. The van der Waals surface area contributed by atoms with Gasteiger partial charge in [-0.2, -0.15) is 0 Å². The minimum absolute atomic E-state index is 0.0323. The third kappa shape index (κ3) is 3.82. The molecule has 1 rings (SSSR count). The number of carboxylic acids is 1. The average Bonchev–Trinajstić information content (AvgIpc) is 2.71. The number of hydrogen-bond donors (Lipinski definition) is 3. The summed E-state index contributed by atoms with van der Waals surface area (Å²) in [5.74, 6) is -2.34. The quantitative estimate of drug-likeness (QED) is 0.702. The molecule has 118 valence electrons. The second-order valence-electron chi connectivity index (χ2n) is 4.92. The van der Waals surface area contributed by atoms with Crippen LogP contribution in [-0.2, 0) is 14.8 Å². The van der Waals surface area contributed by atoms with Crippen molar-refractivity contribution in [2.75, 3.05) is 0 Å². The van der Waals surface area contributed by atoms with Crippen LogP contribution in [0.1, 0.15) is 43.0 Å². The molecule has 9 heteroatoms. The fourth-order valence-corrected chi connectivity index (χ4v) is 2.61. The molecule has 0 radical (unpaired) electrons. The van der Waals surface area contributed by atoms with E-state index in [1.807, 2.05) is 0 Å². The summed E-state index contributed by atoms with van der Waals surface area (Å²) >= 11 is 0. The van der Waals surface area contributed by atoms with Gasteiger partial charge in [0.05, 0.1) is 0 Å². The van der Waals surface area contributed by atoms with E-state index in [9.17, 15) is 23.1 Å². The van der Waals surface area contributed by atoms with Crippen LogP contribution in [0.15, 0.2) is 15.4 Å². The van der Waals surface area contributed by atoms with Gasteiger partial charge in [0.25, 0.3) is 5.91 Å². The molecule has 1 unspecified atom stereocenters. The Morgan fingerprint density at radius 1 is 1.48 bits per heavy atom. The molecule has 1 aromatic heterocycles. The summed E-state index contributed by atoms with van der Waals surface area (Å²) in [6, 6.07) is 0.980. The third-order valence-electron chi connectivity index (χ3n) is 3.01. The summed E-state index contributed by atoms with van der Waals surface area (Å²) in [5.41, 5.74) is -1.46. The van der Waals surface area contributed by atoms with Crippen LogP contribution in [-0.4, -0.2) is 30.9 Å². The van der Waals surface area contributed by atoms with Crippen molar-refractivity contribution in [3.8, 4) is 0 Å². The number of amides is 1. The Bertz CT molecular complexity index is 663. The van der Waals surface area contributed by atoms with E-state index in [4.69, 9.17) is 9.56 Å². The highest BCUT2D eigenvalue weighted by Crippen LogP contribution is 2.20. The van der Waals surface area contributed by atoms with E-state index in [1.165, 1.54) is 13.8 Å². The number of furan rings is 1. The number of aryl methyl sites for hydroxylation is 1. The van der Waals surface area contributed by atoms with E-state index in [1.54, 1.807) is 6.92 Å². The predicted octanol–water partition coefficient (Wildman–Crippen LogP) is 0.609. The third-order valence-corrected chi connectivity index (χ3v) is 4.03. The van der Waals surface area contributed by atoms with Gasteiger partial charge in [-0.25, -0.2) is 18.4 Å². The Morgan fingerprint density at radius 3 is 2.43 bits per heavy atom. The van der Waals surface area contributed by atoms with Crippen LogP contribution in [0.4, 0.5) is 0 Å². The number of carboxylic acid groups (broad SMARTS) is 1. The molecule has 0 aliphatic heterocycles. The Morgan fingerprint density at radius 2 is 2.05 bits per heavy atom. The zero-order valence-electron chi connectivity index (χ0n) is 12.0. The van der Waals surface area contributed by atoms with Crippen molar-refractivity contribution in [3.63, 3.8) is 0 Å².